The van der Waals surface area contributed by atoms with Gasteiger partial charge in [0.1, 0.15) is 6.10 Å². The number of nitrogens with zero attached hydrogens (tertiary/aromatic N) is 3. The van der Waals surface area contributed by atoms with Gasteiger partial charge in [-0.15, -0.1) is 0 Å². The van der Waals surface area contributed by atoms with Gasteiger partial charge in [0.05, 0.1) is 18.2 Å². The molecule has 4 atom stereocenters. The largest absolute Gasteiger partial charge is 0.390 e. The van der Waals surface area contributed by atoms with Crippen LogP contribution in [0.2, 0.25) is 0 Å². The number of aliphatic hydroxyl groups excluding tert-OH is 3. The van der Waals surface area contributed by atoms with Crippen molar-refractivity contribution in [2.75, 3.05) is 13.1 Å². The van der Waals surface area contributed by atoms with Crippen LogP contribution in [0.3, 0.4) is 0 Å². The molecule has 0 radical (unpaired) electrons. The second kappa shape index (κ2) is 4.40. The number of azide groups is 1. The topological polar surface area (TPSA) is 121 Å². The first kappa shape index (κ1) is 10.2. The molecule has 1 fully saturated rings. The third-order valence-electron chi connectivity index (χ3n) is 2.05. The van der Waals surface area contributed by atoms with Crippen molar-refractivity contribution in [3.8, 4) is 0 Å². The number of hydrogen-bond donors (Lipinski definition) is 4. The summed E-state index contributed by atoms with van der Waals surface area (Å²) in [5.41, 5.74) is 8.16. The minimum atomic E-state index is -1.27. The highest BCUT2D eigenvalue weighted by atomic mass is 16.4. The third kappa shape index (κ3) is 2.30. The lowest BCUT2D eigenvalue weighted by Gasteiger charge is -2.21. The lowest BCUT2D eigenvalue weighted by atomic mass is 10.0. The van der Waals surface area contributed by atoms with Crippen molar-refractivity contribution >= 4 is 0 Å². The fourth-order valence-electron chi connectivity index (χ4n) is 1.25. The van der Waals surface area contributed by atoms with Gasteiger partial charge in [-0.3, -0.25) is 0 Å². The summed E-state index contributed by atoms with van der Waals surface area (Å²) in [7, 11) is 0. The molecule has 7 nitrogen and oxygen atoms in total. The summed E-state index contributed by atoms with van der Waals surface area (Å²) in [5.74, 6) is 0. The van der Waals surface area contributed by atoms with Crippen molar-refractivity contribution in [3.63, 3.8) is 0 Å². The highest BCUT2D eigenvalue weighted by molar-refractivity contribution is 4.91. The van der Waals surface area contributed by atoms with Crippen molar-refractivity contribution in [1.82, 2.24) is 5.32 Å². The minimum Gasteiger partial charge on any atom is -0.390 e. The Labute approximate surface area is 74.6 Å². The highest BCUT2D eigenvalue weighted by Crippen LogP contribution is 2.10. The fourth-order valence-corrected chi connectivity index (χ4v) is 1.25. The Kier molecular flexibility index (Phi) is 3.47. The van der Waals surface area contributed by atoms with E-state index < -0.39 is 24.4 Å². The summed E-state index contributed by atoms with van der Waals surface area (Å²) in [6.45, 7) is 0.426. The van der Waals surface area contributed by atoms with Crippen LogP contribution in [0, 0.1) is 0 Å². The molecule has 1 heterocycles. The monoisotopic (exact) mass is 188 g/mol. The maximum atomic E-state index is 9.40. The molecule has 0 unspecified atom stereocenters. The van der Waals surface area contributed by atoms with E-state index in [4.69, 9.17) is 5.53 Å². The molecule has 0 spiro atoms. The average molecular weight is 188 g/mol. The Morgan fingerprint density at radius 2 is 1.92 bits per heavy atom. The van der Waals surface area contributed by atoms with Gasteiger partial charge < -0.3 is 20.6 Å². The van der Waals surface area contributed by atoms with Gasteiger partial charge in [-0.25, -0.2) is 0 Å². The van der Waals surface area contributed by atoms with Gasteiger partial charge >= 0.3 is 0 Å². The van der Waals surface area contributed by atoms with Crippen LogP contribution in [-0.2, 0) is 0 Å². The van der Waals surface area contributed by atoms with E-state index >= 15 is 0 Å². The van der Waals surface area contributed by atoms with Crippen molar-refractivity contribution in [2.24, 2.45) is 5.11 Å². The van der Waals surface area contributed by atoms with Crippen LogP contribution in [0.5, 0.6) is 0 Å². The quantitative estimate of drug-likeness (QED) is 0.224. The molecule has 74 valence electrons. The molecule has 0 bridgehead atoms. The van der Waals surface area contributed by atoms with E-state index in [0.717, 1.165) is 0 Å². The molecule has 4 N–H and O–H groups in total. The van der Waals surface area contributed by atoms with E-state index in [9.17, 15) is 15.3 Å². The Balaban J connectivity index is 2.71. The summed E-state index contributed by atoms with van der Waals surface area (Å²) in [6.07, 6.45) is -3.53. The van der Waals surface area contributed by atoms with E-state index in [2.05, 4.69) is 15.3 Å². The molecule has 0 amide bonds. The minimum absolute atomic E-state index is 0.176. The predicted octanol–water partition coefficient (Wildman–Crippen LogP) is -1.65. The number of β-amino-alcohol motifs (C(OH)–C–C–N with tert-alkyl or cyclic N) is 1. The summed E-state index contributed by atoms with van der Waals surface area (Å²) >= 11 is 0. The zero-order chi connectivity index (χ0) is 9.84. The molecule has 1 aliphatic rings. The molecule has 1 saturated heterocycles. The average Bonchev–Trinajstić information content (AvgIpc) is 2.22. The Morgan fingerprint density at radius 3 is 2.54 bits per heavy atom. The SMILES string of the molecule is [N-]=[N+]=N[C@@H]1CNC[C@@H](O)[C@@H](O)[C@@H]1O. The van der Waals surface area contributed by atoms with Crippen molar-refractivity contribution in [2.45, 2.75) is 24.4 Å². The van der Waals surface area contributed by atoms with Gasteiger partial charge in [-0.05, 0) is 5.53 Å². The summed E-state index contributed by atoms with van der Waals surface area (Å²) < 4.78 is 0. The smallest absolute Gasteiger partial charge is 0.107 e. The molecule has 0 aromatic heterocycles. The maximum Gasteiger partial charge on any atom is 0.107 e. The van der Waals surface area contributed by atoms with Gasteiger partial charge in [0.15, 0.2) is 0 Å². The van der Waals surface area contributed by atoms with Crippen molar-refractivity contribution in [3.05, 3.63) is 10.4 Å². The standard InChI is InChI=1S/C6H12N4O3/c7-10-9-3-1-8-2-4(11)6(13)5(3)12/h3-6,8,11-13H,1-2H2/t3-,4-,5-,6-/m1/s1. The van der Waals surface area contributed by atoms with E-state index in [-0.39, 0.29) is 13.1 Å². The van der Waals surface area contributed by atoms with Crippen LogP contribution in [0.25, 0.3) is 10.4 Å². The van der Waals surface area contributed by atoms with Crippen molar-refractivity contribution < 1.29 is 15.3 Å². The summed E-state index contributed by atoms with van der Waals surface area (Å²) in [6, 6.07) is -0.739. The first-order chi connectivity index (χ1) is 6.16. The van der Waals surface area contributed by atoms with Gasteiger partial charge in [0.2, 0.25) is 0 Å². The molecule has 0 aromatic rings. The van der Waals surface area contributed by atoms with Gasteiger partial charge in [0.25, 0.3) is 0 Å². The Bertz CT molecular complexity index is 218. The predicted molar refractivity (Wildman–Crippen MR) is 43.8 cm³/mol. The lowest BCUT2D eigenvalue weighted by molar-refractivity contribution is -0.0555. The number of aliphatic hydroxyl groups is 3. The molecule has 0 aliphatic carbocycles. The second-order valence-electron chi connectivity index (χ2n) is 2.98. The summed E-state index contributed by atoms with van der Waals surface area (Å²) in [5, 5.41) is 34.0. The zero-order valence-electron chi connectivity index (χ0n) is 6.91. The van der Waals surface area contributed by atoms with Crippen LogP contribution in [-0.4, -0.2) is 52.8 Å². The van der Waals surface area contributed by atoms with Gasteiger partial charge in [0, 0.05) is 18.0 Å². The Hall–Kier alpha value is -0.850. The van der Waals surface area contributed by atoms with E-state index in [1.807, 2.05) is 0 Å². The number of hydrogen-bond acceptors (Lipinski definition) is 5. The molecule has 0 aromatic carbocycles. The molecule has 1 aliphatic heterocycles. The normalized spacial score (nSPS) is 40.5. The molecule has 1 rings (SSSR count). The van der Waals surface area contributed by atoms with Crippen LogP contribution >= 0.6 is 0 Å². The van der Waals surface area contributed by atoms with E-state index in [0.29, 0.717) is 0 Å². The first-order valence-corrected chi connectivity index (χ1v) is 3.96. The highest BCUT2D eigenvalue weighted by Gasteiger charge is 2.33. The molecule has 7 heteroatoms. The molecule has 13 heavy (non-hydrogen) atoms. The van der Waals surface area contributed by atoms with Crippen LogP contribution < -0.4 is 5.32 Å². The fraction of sp³-hybridized carbons (Fsp3) is 1.00. The third-order valence-corrected chi connectivity index (χ3v) is 2.05. The van der Waals surface area contributed by atoms with Crippen molar-refractivity contribution in [1.29, 1.82) is 0 Å². The molecular weight excluding hydrogens is 176 g/mol. The number of rotatable bonds is 1. The second-order valence-corrected chi connectivity index (χ2v) is 2.98. The van der Waals surface area contributed by atoms with Crippen LogP contribution in [0.15, 0.2) is 5.11 Å². The zero-order valence-corrected chi connectivity index (χ0v) is 6.91. The van der Waals surface area contributed by atoms with Gasteiger partial charge in [-0.1, -0.05) is 5.11 Å². The van der Waals surface area contributed by atoms with E-state index in [1.54, 1.807) is 0 Å². The van der Waals surface area contributed by atoms with Gasteiger partial charge in [-0.2, -0.15) is 0 Å². The number of nitrogens with one attached hydrogen (secondary N) is 1. The van der Waals surface area contributed by atoms with E-state index in [1.165, 1.54) is 0 Å². The summed E-state index contributed by atoms with van der Waals surface area (Å²) in [4.78, 5) is 2.54. The lowest BCUT2D eigenvalue weighted by Crippen LogP contribution is -2.42. The first-order valence-electron chi connectivity index (χ1n) is 3.96. The molecule has 0 saturated carbocycles. The van der Waals surface area contributed by atoms with Crippen LogP contribution in [0.4, 0.5) is 0 Å². The Morgan fingerprint density at radius 1 is 1.23 bits per heavy atom. The maximum absolute atomic E-state index is 9.40. The molecular formula is C6H12N4O3. The van der Waals surface area contributed by atoms with Crippen LogP contribution in [0.1, 0.15) is 0 Å².